The van der Waals surface area contributed by atoms with Gasteiger partial charge in [0.15, 0.2) is 0 Å². The summed E-state index contributed by atoms with van der Waals surface area (Å²) in [6.45, 7) is 3.69. The van der Waals surface area contributed by atoms with E-state index in [0.717, 1.165) is 44.9 Å². The van der Waals surface area contributed by atoms with E-state index in [1.54, 1.807) is 6.08 Å². The van der Waals surface area contributed by atoms with Crippen molar-refractivity contribution in [3.63, 3.8) is 0 Å². The van der Waals surface area contributed by atoms with E-state index in [4.69, 9.17) is 9.05 Å². The summed E-state index contributed by atoms with van der Waals surface area (Å²) in [6.07, 6.45) is 26.8. The smallest absolute Gasteiger partial charge is 0.393 e. The second kappa shape index (κ2) is 35.9. The van der Waals surface area contributed by atoms with Crippen LogP contribution >= 0.6 is 7.82 Å². The van der Waals surface area contributed by atoms with E-state index >= 15 is 0 Å². The largest absolute Gasteiger partial charge is 0.472 e. The highest BCUT2D eigenvalue weighted by molar-refractivity contribution is 7.47. The number of allylic oxidation sites excluding steroid dienone is 5. The molecule has 1 rings (SSSR count). The Hall–Kier alpha value is -1.48. The SMILES string of the molecule is CCCCCCCCCCCCC/C=C/CC/C=C/CC/C=C/C(O)C(COP(=O)(O)OC1C(O)C(O)C(O)C(O)C1O)NC(=O)CC(O)CCCCCCCCCCC. The molecule has 0 spiro atoms. The first-order chi connectivity index (χ1) is 28.8. The molecule has 9 N–H and O–H groups in total. The third-order valence-corrected chi connectivity index (χ3v) is 12.2. The molecule has 8 unspecified atom stereocenters. The number of rotatable bonds is 38. The lowest BCUT2D eigenvalue weighted by atomic mass is 9.85. The third-order valence-electron chi connectivity index (χ3n) is 11.2. The fraction of sp³-hybridized carbons (Fsp3) is 0.848. The van der Waals surface area contributed by atoms with Crippen molar-refractivity contribution in [1.82, 2.24) is 5.32 Å². The lowest BCUT2D eigenvalue weighted by molar-refractivity contribution is -0.220. The Bertz CT molecular complexity index is 1170. The maximum absolute atomic E-state index is 12.9. The molecule has 0 aromatic heterocycles. The first kappa shape index (κ1) is 56.5. The molecule has 1 aliphatic rings. The van der Waals surface area contributed by atoms with Crippen molar-refractivity contribution in [2.24, 2.45) is 0 Å². The van der Waals surface area contributed by atoms with Crippen LogP contribution in [0.1, 0.15) is 187 Å². The number of aliphatic hydroxyl groups excluding tert-OH is 7. The normalized spacial score (nSPS) is 23.7. The first-order valence-electron chi connectivity index (χ1n) is 23.5. The molecule has 14 heteroatoms. The number of carbonyl (C=O) groups excluding carboxylic acids is 1. The van der Waals surface area contributed by atoms with Crippen molar-refractivity contribution < 1.29 is 59.0 Å². The fourth-order valence-electron chi connectivity index (χ4n) is 7.33. The summed E-state index contributed by atoms with van der Waals surface area (Å²) in [5, 5.41) is 74.3. The lowest BCUT2D eigenvalue weighted by Gasteiger charge is -2.41. The van der Waals surface area contributed by atoms with Crippen LogP contribution in [0.15, 0.2) is 36.5 Å². The molecule has 0 radical (unpaired) electrons. The van der Waals surface area contributed by atoms with Gasteiger partial charge >= 0.3 is 7.82 Å². The summed E-state index contributed by atoms with van der Waals surface area (Å²) in [5.74, 6) is -0.609. The molecule has 352 valence electrons. The minimum Gasteiger partial charge on any atom is -0.393 e. The van der Waals surface area contributed by atoms with E-state index in [2.05, 4.69) is 43.5 Å². The Labute approximate surface area is 362 Å². The summed E-state index contributed by atoms with van der Waals surface area (Å²) >= 11 is 0. The zero-order valence-corrected chi connectivity index (χ0v) is 38.0. The van der Waals surface area contributed by atoms with Crippen molar-refractivity contribution in [2.75, 3.05) is 6.61 Å². The predicted octanol–water partition coefficient (Wildman–Crippen LogP) is 7.75. The van der Waals surface area contributed by atoms with Gasteiger partial charge in [-0.25, -0.2) is 4.57 Å². The second-order valence-corrected chi connectivity index (χ2v) is 18.2. The van der Waals surface area contributed by atoms with E-state index in [0.29, 0.717) is 19.3 Å². The van der Waals surface area contributed by atoms with Gasteiger partial charge in [0.05, 0.1) is 31.3 Å². The molecule has 0 heterocycles. The van der Waals surface area contributed by atoms with E-state index < -0.39 is 75.2 Å². The van der Waals surface area contributed by atoms with Crippen LogP contribution < -0.4 is 5.32 Å². The lowest BCUT2D eigenvalue weighted by Crippen LogP contribution is -2.64. The molecule has 60 heavy (non-hydrogen) atoms. The van der Waals surface area contributed by atoms with Crippen LogP contribution in [0.3, 0.4) is 0 Å². The highest BCUT2D eigenvalue weighted by Gasteiger charge is 2.51. The zero-order chi connectivity index (χ0) is 44.4. The number of hydrogen-bond acceptors (Lipinski definition) is 11. The highest BCUT2D eigenvalue weighted by Crippen LogP contribution is 2.47. The summed E-state index contributed by atoms with van der Waals surface area (Å²) in [7, 11) is -5.15. The molecule has 0 saturated heterocycles. The molecule has 1 saturated carbocycles. The van der Waals surface area contributed by atoms with E-state index in [-0.39, 0.29) is 6.42 Å². The van der Waals surface area contributed by atoms with Crippen LogP contribution in [-0.4, -0.2) is 108 Å². The van der Waals surface area contributed by atoms with Crippen LogP contribution in [0.25, 0.3) is 0 Å². The molecule has 0 aromatic carbocycles. The van der Waals surface area contributed by atoms with Gasteiger partial charge in [-0.1, -0.05) is 172 Å². The van der Waals surface area contributed by atoms with Crippen LogP contribution in [0, 0.1) is 0 Å². The number of nitrogens with one attached hydrogen (secondary N) is 1. The quantitative estimate of drug-likeness (QED) is 0.0165. The zero-order valence-electron chi connectivity index (χ0n) is 37.1. The Morgan fingerprint density at radius 2 is 0.983 bits per heavy atom. The van der Waals surface area contributed by atoms with Crippen molar-refractivity contribution in [1.29, 1.82) is 0 Å². The van der Waals surface area contributed by atoms with Gasteiger partial charge in [-0.2, -0.15) is 0 Å². The molecule has 8 atom stereocenters. The minimum absolute atomic E-state index is 0.255. The number of carbonyl (C=O) groups is 1. The fourth-order valence-corrected chi connectivity index (χ4v) is 8.30. The number of phosphoric ester groups is 1. The van der Waals surface area contributed by atoms with Gasteiger partial charge in [-0.15, -0.1) is 0 Å². The second-order valence-electron chi connectivity index (χ2n) is 16.8. The van der Waals surface area contributed by atoms with Crippen molar-refractivity contribution >= 4 is 13.7 Å². The van der Waals surface area contributed by atoms with Crippen molar-refractivity contribution in [3.8, 4) is 0 Å². The number of phosphoric acid groups is 1. The molecular weight excluding hydrogens is 789 g/mol. The highest BCUT2D eigenvalue weighted by atomic mass is 31.2. The Morgan fingerprint density at radius 1 is 0.583 bits per heavy atom. The summed E-state index contributed by atoms with van der Waals surface area (Å²) in [6, 6.07) is -1.26. The van der Waals surface area contributed by atoms with Gasteiger partial charge in [-0.3, -0.25) is 13.8 Å². The topological polar surface area (TPSA) is 226 Å². The summed E-state index contributed by atoms with van der Waals surface area (Å²) in [5.41, 5.74) is 0. The standard InChI is InChI=1S/C46H86NO12P/c1-3-5-7-9-11-13-14-15-16-17-18-19-20-21-22-23-24-26-28-30-32-34-39(49)38(47-40(50)35-37(48)33-31-29-27-25-12-10-8-6-4-2)36-58-60(56,57)59-46-44(54)42(52)41(51)43(53)45(46)55/h20-21,24,26,32,34,37-39,41-46,48-49,51-55H,3-19,22-23,25,27-31,33,35-36H2,1-2H3,(H,47,50)(H,56,57)/b21-20+,26-24+,34-32+. The van der Waals surface area contributed by atoms with Gasteiger partial charge < -0.3 is 46.0 Å². The third kappa shape index (κ3) is 27.6. The molecule has 1 aliphatic carbocycles. The van der Waals surface area contributed by atoms with Crippen LogP contribution in [-0.2, 0) is 18.4 Å². The average molecular weight is 876 g/mol. The van der Waals surface area contributed by atoms with Crippen LogP contribution in [0.4, 0.5) is 0 Å². The van der Waals surface area contributed by atoms with Crippen molar-refractivity contribution in [3.05, 3.63) is 36.5 Å². The van der Waals surface area contributed by atoms with Gasteiger partial charge in [0.25, 0.3) is 0 Å². The average Bonchev–Trinajstić information content (AvgIpc) is 3.22. The number of unbranched alkanes of at least 4 members (excludes halogenated alkanes) is 21. The van der Waals surface area contributed by atoms with E-state index in [9.17, 15) is 50.0 Å². The summed E-state index contributed by atoms with van der Waals surface area (Å²) < 4.78 is 22.8. The van der Waals surface area contributed by atoms with Gasteiger partial charge in [-0.05, 0) is 44.9 Å². The molecule has 0 aromatic rings. The maximum atomic E-state index is 12.9. The molecular formula is C46H86NO12P. The van der Waals surface area contributed by atoms with Crippen LogP contribution in [0.2, 0.25) is 0 Å². The Balaban J connectivity index is 2.56. The predicted molar refractivity (Wildman–Crippen MR) is 238 cm³/mol. The van der Waals surface area contributed by atoms with Crippen molar-refractivity contribution in [2.45, 2.75) is 242 Å². The van der Waals surface area contributed by atoms with Gasteiger partial charge in [0.2, 0.25) is 5.91 Å². The van der Waals surface area contributed by atoms with Gasteiger partial charge in [0.1, 0.15) is 36.6 Å². The Kier molecular flexibility index (Phi) is 33.8. The monoisotopic (exact) mass is 876 g/mol. The van der Waals surface area contributed by atoms with E-state index in [1.807, 2.05) is 0 Å². The van der Waals surface area contributed by atoms with Crippen LogP contribution in [0.5, 0.6) is 0 Å². The van der Waals surface area contributed by atoms with Gasteiger partial charge in [0, 0.05) is 0 Å². The number of hydrogen-bond donors (Lipinski definition) is 9. The number of amides is 1. The number of aliphatic hydroxyl groups is 7. The maximum Gasteiger partial charge on any atom is 0.472 e. The molecule has 13 nitrogen and oxygen atoms in total. The first-order valence-corrected chi connectivity index (χ1v) is 25.0. The molecule has 1 fully saturated rings. The molecule has 0 bridgehead atoms. The molecule has 0 aliphatic heterocycles. The summed E-state index contributed by atoms with van der Waals surface area (Å²) in [4.78, 5) is 23.4. The molecule has 1 amide bonds. The minimum atomic E-state index is -5.15. The van der Waals surface area contributed by atoms with E-state index in [1.165, 1.54) is 109 Å². The Morgan fingerprint density at radius 3 is 1.47 bits per heavy atom.